The Morgan fingerprint density at radius 3 is 2.61 bits per heavy atom. The Hall–Kier alpha value is -0.870. The largest absolute Gasteiger partial charge is 0.396 e. The van der Waals surface area contributed by atoms with Crippen molar-refractivity contribution in [1.82, 2.24) is 5.32 Å². The van der Waals surface area contributed by atoms with Gasteiger partial charge in [0.15, 0.2) is 0 Å². The van der Waals surface area contributed by atoms with E-state index in [1.165, 1.54) is 0 Å². The minimum Gasteiger partial charge on any atom is -0.396 e. The number of benzene rings is 1. The normalized spacial score (nSPS) is 12.2. The van der Waals surface area contributed by atoms with Gasteiger partial charge < -0.3 is 10.4 Å². The van der Waals surface area contributed by atoms with Crippen molar-refractivity contribution in [2.75, 3.05) is 6.61 Å². The van der Waals surface area contributed by atoms with Gasteiger partial charge in [0, 0.05) is 23.5 Å². The average molecular weight is 314 g/mol. The Bertz CT molecular complexity index is 365. The molecule has 1 atom stereocenters. The first kappa shape index (κ1) is 15.2. The molecule has 3 nitrogen and oxygen atoms in total. The van der Waals surface area contributed by atoms with Crippen LogP contribution in [0, 0.1) is 0 Å². The molecule has 2 N–H and O–H groups in total. The van der Waals surface area contributed by atoms with E-state index < -0.39 is 0 Å². The van der Waals surface area contributed by atoms with E-state index >= 15 is 0 Å². The molecule has 0 saturated carbocycles. The quantitative estimate of drug-likeness (QED) is 0.813. The molecular formula is C14H20BrNO2. The predicted molar refractivity (Wildman–Crippen MR) is 76.4 cm³/mol. The van der Waals surface area contributed by atoms with Gasteiger partial charge in [0.05, 0.1) is 0 Å². The standard InChI is InChI=1S/C14H20BrNO2/c1-2-13(9-10-17)16-14(18)8-5-11-3-6-12(15)7-4-11/h3-4,6-7,13,17H,2,5,8-10H2,1H3,(H,16,18). The predicted octanol–water partition coefficient (Wildman–Crippen LogP) is 2.66. The molecule has 0 fully saturated rings. The number of amides is 1. The monoisotopic (exact) mass is 313 g/mol. The summed E-state index contributed by atoms with van der Waals surface area (Å²) >= 11 is 3.38. The maximum Gasteiger partial charge on any atom is 0.220 e. The summed E-state index contributed by atoms with van der Waals surface area (Å²) in [5, 5.41) is 11.8. The van der Waals surface area contributed by atoms with E-state index in [0.29, 0.717) is 12.8 Å². The molecule has 1 unspecified atom stereocenters. The van der Waals surface area contributed by atoms with E-state index in [9.17, 15) is 4.79 Å². The van der Waals surface area contributed by atoms with Gasteiger partial charge in [-0.3, -0.25) is 4.79 Å². The maximum absolute atomic E-state index is 11.7. The second-order valence-corrected chi connectivity index (χ2v) is 5.23. The lowest BCUT2D eigenvalue weighted by Gasteiger charge is -2.15. The summed E-state index contributed by atoms with van der Waals surface area (Å²) in [7, 11) is 0. The number of halogens is 1. The Labute approximate surface area is 117 Å². The summed E-state index contributed by atoms with van der Waals surface area (Å²) in [5.41, 5.74) is 1.16. The number of aryl methyl sites for hydroxylation is 1. The van der Waals surface area contributed by atoms with Gasteiger partial charge in [-0.2, -0.15) is 0 Å². The number of aliphatic hydroxyl groups excluding tert-OH is 1. The Balaban J connectivity index is 2.34. The zero-order valence-electron chi connectivity index (χ0n) is 10.7. The molecule has 0 saturated heterocycles. The molecule has 1 aromatic carbocycles. The Morgan fingerprint density at radius 1 is 1.39 bits per heavy atom. The fourth-order valence-corrected chi connectivity index (χ4v) is 2.01. The third kappa shape index (κ3) is 5.65. The number of carbonyl (C=O) groups is 1. The second-order valence-electron chi connectivity index (χ2n) is 4.31. The topological polar surface area (TPSA) is 49.3 Å². The average Bonchev–Trinajstić information content (AvgIpc) is 2.37. The summed E-state index contributed by atoms with van der Waals surface area (Å²) in [6, 6.07) is 8.08. The fourth-order valence-electron chi connectivity index (χ4n) is 1.74. The van der Waals surface area contributed by atoms with E-state index in [1.54, 1.807) is 0 Å². The van der Waals surface area contributed by atoms with Crippen LogP contribution in [0.1, 0.15) is 31.7 Å². The molecule has 0 aromatic heterocycles. The zero-order valence-corrected chi connectivity index (χ0v) is 12.2. The highest BCUT2D eigenvalue weighted by Gasteiger charge is 2.09. The lowest BCUT2D eigenvalue weighted by molar-refractivity contribution is -0.121. The van der Waals surface area contributed by atoms with Crippen molar-refractivity contribution in [2.45, 2.75) is 38.6 Å². The summed E-state index contributed by atoms with van der Waals surface area (Å²) in [6.45, 7) is 2.13. The van der Waals surface area contributed by atoms with Gasteiger partial charge in [-0.05, 0) is 37.0 Å². The van der Waals surface area contributed by atoms with Gasteiger partial charge >= 0.3 is 0 Å². The minimum atomic E-state index is 0.0539. The number of aliphatic hydroxyl groups is 1. The van der Waals surface area contributed by atoms with Gasteiger partial charge in [-0.25, -0.2) is 0 Å². The van der Waals surface area contributed by atoms with E-state index in [0.717, 1.165) is 22.9 Å². The number of rotatable bonds is 7. The number of hydrogen-bond acceptors (Lipinski definition) is 2. The van der Waals surface area contributed by atoms with Gasteiger partial charge in [-0.15, -0.1) is 0 Å². The van der Waals surface area contributed by atoms with Gasteiger partial charge in [-0.1, -0.05) is 35.0 Å². The maximum atomic E-state index is 11.7. The smallest absolute Gasteiger partial charge is 0.220 e. The molecule has 0 heterocycles. The zero-order chi connectivity index (χ0) is 13.4. The number of carbonyl (C=O) groups excluding carboxylic acids is 1. The highest BCUT2D eigenvalue weighted by Crippen LogP contribution is 2.11. The molecule has 1 amide bonds. The van der Waals surface area contributed by atoms with Crippen molar-refractivity contribution in [3.8, 4) is 0 Å². The van der Waals surface area contributed by atoms with Crippen LogP contribution in [0.3, 0.4) is 0 Å². The molecule has 4 heteroatoms. The lowest BCUT2D eigenvalue weighted by atomic mass is 10.1. The van der Waals surface area contributed by atoms with Crippen molar-refractivity contribution in [2.24, 2.45) is 0 Å². The van der Waals surface area contributed by atoms with Crippen molar-refractivity contribution in [3.63, 3.8) is 0 Å². The van der Waals surface area contributed by atoms with Crippen LogP contribution < -0.4 is 5.32 Å². The van der Waals surface area contributed by atoms with Crippen LogP contribution in [0.5, 0.6) is 0 Å². The first-order valence-electron chi connectivity index (χ1n) is 6.30. The molecule has 0 aliphatic heterocycles. The van der Waals surface area contributed by atoms with Crippen molar-refractivity contribution in [3.05, 3.63) is 34.3 Å². The highest BCUT2D eigenvalue weighted by atomic mass is 79.9. The first-order chi connectivity index (χ1) is 8.65. The van der Waals surface area contributed by atoms with Gasteiger partial charge in [0.25, 0.3) is 0 Å². The Kier molecular flexibility index (Phi) is 6.98. The van der Waals surface area contributed by atoms with Crippen molar-refractivity contribution < 1.29 is 9.90 Å². The molecule has 0 spiro atoms. The molecule has 18 heavy (non-hydrogen) atoms. The van der Waals surface area contributed by atoms with Crippen LogP contribution in [0.2, 0.25) is 0 Å². The Morgan fingerprint density at radius 2 is 2.06 bits per heavy atom. The SMILES string of the molecule is CCC(CCO)NC(=O)CCc1ccc(Br)cc1. The molecule has 1 rings (SSSR count). The van der Waals surface area contributed by atoms with Crippen LogP contribution >= 0.6 is 15.9 Å². The molecule has 0 bridgehead atoms. The summed E-state index contributed by atoms with van der Waals surface area (Å²) in [5.74, 6) is 0.0539. The highest BCUT2D eigenvalue weighted by molar-refractivity contribution is 9.10. The molecular weight excluding hydrogens is 294 g/mol. The fraction of sp³-hybridized carbons (Fsp3) is 0.500. The molecule has 0 aliphatic carbocycles. The summed E-state index contributed by atoms with van der Waals surface area (Å²) in [6.07, 6.45) is 2.71. The van der Waals surface area contributed by atoms with Crippen LogP contribution in [0.4, 0.5) is 0 Å². The summed E-state index contributed by atoms with van der Waals surface area (Å²) < 4.78 is 1.05. The van der Waals surface area contributed by atoms with Crippen LogP contribution in [0.15, 0.2) is 28.7 Å². The first-order valence-corrected chi connectivity index (χ1v) is 7.09. The molecule has 100 valence electrons. The van der Waals surface area contributed by atoms with Crippen LogP contribution in [-0.4, -0.2) is 23.7 Å². The molecule has 0 aliphatic rings. The van der Waals surface area contributed by atoms with Crippen molar-refractivity contribution >= 4 is 21.8 Å². The molecule has 0 radical (unpaired) electrons. The minimum absolute atomic E-state index is 0.0539. The second kappa shape index (κ2) is 8.27. The van der Waals surface area contributed by atoms with E-state index in [1.807, 2.05) is 31.2 Å². The van der Waals surface area contributed by atoms with Crippen LogP contribution in [-0.2, 0) is 11.2 Å². The van der Waals surface area contributed by atoms with Gasteiger partial charge in [0.1, 0.15) is 0 Å². The lowest BCUT2D eigenvalue weighted by Crippen LogP contribution is -2.35. The summed E-state index contributed by atoms with van der Waals surface area (Å²) in [4.78, 5) is 11.7. The third-order valence-electron chi connectivity index (χ3n) is 2.89. The van der Waals surface area contributed by atoms with Crippen LogP contribution in [0.25, 0.3) is 0 Å². The number of nitrogens with one attached hydrogen (secondary N) is 1. The van der Waals surface area contributed by atoms with E-state index in [-0.39, 0.29) is 18.6 Å². The molecule has 1 aromatic rings. The number of hydrogen-bond donors (Lipinski definition) is 2. The van der Waals surface area contributed by atoms with E-state index in [2.05, 4.69) is 21.2 Å². The van der Waals surface area contributed by atoms with Crippen molar-refractivity contribution in [1.29, 1.82) is 0 Å². The van der Waals surface area contributed by atoms with Gasteiger partial charge in [0.2, 0.25) is 5.91 Å². The third-order valence-corrected chi connectivity index (χ3v) is 3.42. The van der Waals surface area contributed by atoms with E-state index in [4.69, 9.17) is 5.11 Å².